The molecule has 1 fully saturated rings. The van der Waals surface area contributed by atoms with E-state index in [9.17, 15) is 4.79 Å². The number of piperidine rings is 1. The van der Waals surface area contributed by atoms with Crippen LogP contribution in [-0.4, -0.2) is 41.0 Å². The van der Waals surface area contributed by atoms with Crippen molar-refractivity contribution in [1.82, 2.24) is 4.90 Å². The molecular weight excluding hydrogens is 322 g/mol. The Hall–Kier alpha value is -1.36. The van der Waals surface area contributed by atoms with E-state index in [-0.39, 0.29) is 12.2 Å². The van der Waals surface area contributed by atoms with Crippen LogP contribution < -0.4 is 4.74 Å². The number of benzene rings is 1. The van der Waals surface area contributed by atoms with Crippen molar-refractivity contribution in [2.75, 3.05) is 13.1 Å². The molecule has 4 nitrogen and oxygen atoms in total. The molecule has 24 heavy (non-hydrogen) atoms. The fraction of sp³-hybridized carbons (Fsp3) is 0.632. The number of carbonyl (C=O) groups excluding carboxylic acids is 1. The molecule has 0 atom stereocenters. The van der Waals surface area contributed by atoms with E-state index < -0.39 is 5.60 Å². The zero-order valence-corrected chi connectivity index (χ0v) is 16.2. The molecular formula is C19H29NO3S. The maximum absolute atomic E-state index is 12.1. The number of para-hydroxylation sites is 1. The minimum Gasteiger partial charge on any atom is -0.490 e. The Kier molecular flexibility index (Phi) is 6.44. The first-order valence-electron chi connectivity index (χ1n) is 8.65. The molecule has 1 saturated heterocycles. The third kappa shape index (κ3) is 5.93. The zero-order chi connectivity index (χ0) is 17.7. The highest BCUT2D eigenvalue weighted by molar-refractivity contribution is 8.00. The fourth-order valence-electron chi connectivity index (χ4n) is 2.56. The Bertz CT molecular complexity index is 546. The minimum atomic E-state index is -0.435. The van der Waals surface area contributed by atoms with E-state index >= 15 is 0 Å². The van der Waals surface area contributed by atoms with Crippen LogP contribution in [0.15, 0.2) is 29.2 Å². The number of thioether (sulfide) groups is 1. The van der Waals surface area contributed by atoms with Crippen LogP contribution in [0.2, 0.25) is 0 Å². The molecule has 0 aliphatic carbocycles. The van der Waals surface area contributed by atoms with E-state index in [0.29, 0.717) is 5.25 Å². The lowest BCUT2D eigenvalue weighted by molar-refractivity contribution is 0.0219. The van der Waals surface area contributed by atoms with Crippen molar-refractivity contribution in [3.05, 3.63) is 24.3 Å². The van der Waals surface area contributed by atoms with Gasteiger partial charge in [0, 0.05) is 23.2 Å². The van der Waals surface area contributed by atoms with Crippen LogP contribution in [0.25, 0.3) is 0 Å². The second-order valence-electron chi connectivity index (χ2n) is 7.40. The summed E-state index contributed by atoms with van der Waals surface area (Å²) < 4.78 is 11.3. The van der Waals surface area contributed by atoms with E-state index in [1.165, 1.54) is 4.90 Å². The van der Waals surface area contributed by atoms with E-state index in [1.54, 1.807) is 0 Å². The lowest BCUT2D eigenvalue weighted by atomic mass is 10.1. The normalized spacial score (nSPS) is 16.3. The molecule has 5 heteroatoms. The number of ether oxygens (including phenoxy) is 2. The highest BCUT2D eigenvalue weighted by Crippen LogP contribution is 2.36. The summed E-state index contributed by atoms with van der Waals surface area (Å²) >= 11 is 1.86. The smallest absolute Gasteiger partial charge is 0.410 e. The van der Waals surface area contributed by atoms with Crippen molar-refractivity contribution < 1.29 is 14.3 Å². The molecule has 0 spiro atoms. The molecule has 0 bridgehead atoms. The van der Waals surface area contributed by atoms with Crippen LogP contribution in [-0.2, 0) is 4.74 Å². The second kappa shape index (κ2) is 8.15. The molecule has 1 heterocycles. The molecule has 1 aromatic rings. The van der Waals surface area contributed by atoms with Gasteiger partial charge in [-0.05, 0) is 59.6 Å². The molecule has 0 saturated carbocycles. The second-order valence-corrected chi connectivity index (χ2v) is 8.74. The van der Waals surface area contributed by atoms with Crippen LogP contribution >= 0.6 is 11.8 Å². The number of nitrogens with zero attached hydrogens (tertiary/aromatic N) is 1. The highest BCUT2D eigenvalue weighted by Gasteiger charge is 2.27. The summed E-state index contributed by atoms with van der Waals surface area (Å²) in [6, 6.07) is 8.19. The summed E-state index contributed by atoms with van der Waals surface area (Å²) in [5, 5.41) is 0.501. The maximum atomic E-state index is 12.1. The molecule has 0 aromatic heterocycles. The van der Waals surface area contributed by atoms with Gasteiger partial charge in [0.15, 0.2) is 0 Å². The number of rotatable bonds is 4. The summed E-state index contributed by atoms with van der Waals surface area (Å²) in [6.45, 7) is 11.3. The zero-order valence-electron chi connectivity index (χ0n) is 15.4. The standard InChI is InChI=1S/C19H29NO3S/c1-14(2)22-16-8-6-7-9-17(16)24-15-10-12-20(13-11-15)18(21)23-19(3,4)5/h6-9,14-15H,10-13H2,1-5H3. The average molecular weight is 352 g/mol. The van der Waals surface area contributed by atoms with Crippen molar-refractivity contribution in [3.63, 3.8) is 0 Å². The van der Waals surface area contributed by atoms with E-state index in [1.807, 2.05) is 69.5 Å². The molecule has 1 aromatic carbocycles. The van der Waals surface area contributed by atoms with Crippen molar-refractivity contribution in [2.24, 2.45) is 0 Å². The van der Waals surface area contributed by atoms with Crippen molar-refractivity contribution in [3.8, 4) is 5.75 Å². The number of carbonyl (C=O) groups is 1. The van der Waals surface area contributed by atoms with Gasteiger partial charge in [-0.3, -0.25) is 0 Å². The molecule has 134 valence electrons. The van der Waals surface area contributed by atoms with Crippen LogP contribution in [0.5, 0.6) is 5.75 Å². The number of hydrogen-bond acceptors (Lipinski definition) is 4. The van der Waals surface area contributed by atoms with Gasteiger partial charge in [-0.2, -0.15) is 0 Å². The Labute approximate surface area is 149 Å². The topological polar surface area (TPSA) is 38.8 Å². The quantitative estimate of drug-likeness (QED) is 0.768. The SMILES string of the molecule is CC(C)Oc1ccccc1SC1CCN(C(=O)OC(C)(C)C)CC1. The van der Waals surface area contributed by atoms with Crippen LogP contribution in [0.1, 0.15) is 47.5 Å². The first kappa shape index (κ1) is 19.0. The molecule has 0 unspecified atom stereocenters. The third-order valence-electron chi connectivity index (χ3n) is 3.60. The molecule has 1 aliphatic rings. The fourth-order valence-corrected chi connectivity index (χ4v) is 3.76. The summed E-state index contributed by atoms with van der Waals surface area (Å²) in [4.78, 5) is 15.1. The van der Waals surface area contributed by atoms with Crippen LogP contribution in [0.4, 0.5) is 4.79 Å². The molecule has 1 aliphatic heterocycles. The van der Waals surface area contributed by atoms with Gasteiger partial charge in [0.25, 0.3) is 0 Å². The lowest BCUT2D eigenvalue weighted by Gasteiger charge is -2.33. The Morgan fingerprint density at radius 2 is 1.83 bits per heavy atom. The molecule has 2 rings (SSSR count). The van der Waals surface area contributed by atoms with Crippen LogP contribution in [0, 0.1) is 0 Å². The Balaban J connectivity index is 1.89. The summed E-state index contributed by atoms with van der Waals surface area (Å²) in [7, 11) is 0. The van der Waals surface area contributed by atoms with E-state index in [4.69, 9.17) is 9.47 Å². The van der Waals surface area contributed by atoms with Gasteiger partial charge in [0.1, 0.15) is 11.4 Å². The lowest BCUT2D eigenvalue weighted by Crippen LogP contribution is -2.42. The summed E-state index contributed by atoms with van der Waals surface area (Å²) in [5.74, 6) is 0.951. The van der Waals surface area contributed by atoms with Gasteiger partial charge in [-0.25, -0.2) is 4.79 Å². The predicted molar refractivity (Wildman–Crippen MR) is 98.9 cm³/mol. The summed E-state index contributed by atoms with van der Waals surface area (Å²) in [5.41, 5.74) is -0.435. The minimum absolute atomic E-state index is 0.167. The predicted octanol–water partition coefficient (Wildman–Crippen LogP) is 4.97. The number of hydrogen-bond donors (Lipinski definition) is 0. The van der Waals surface area contributed by atoms with Gasteiger partial charge in [-0.15, -0.1) is 11.8 Å². The van der Waals surface area contributed by atoms with Crippen molar-refractivity contribution in [1.29, 1.82) is 0 Å². The highest BCUT2D eigenvalue weighted by atomic mass is 32.2. The van der Waals surface area contributed by atoms with Gasteiger partial charge in [-0.1, -0.05) is 12.1 Å². The van der Waals surface area contributed by atoms with Gasteiger partial charge >= 0.3 is 6.09 Å². The maximum Gasteiger partial charge on any atom is 0.410 e. The number of amides is 1. The van der Waals surface area contributed by atoms with Gasteiger partial charge in [0.05, 0.1) is 6.10 Å². The molecule has 0 radical (unpaired) electrons. The summed E-state index contributed by atoms with van der Waals surface area (Å²) in [6.07, 6.45) is 1.91. The first-order chi connectivity index (χ1) is 11.2. The van der Waals surface area contributed by atoms with E-state index in [2.05, 4.69) is 6.07 Å². The van der Waals surface area contributed by atoms with Crippen LogP contribution in [0.3, 0.4) is 0 Å². The Morgan fingerprint density at radius 3 is 2.42 bits per heavy atom. The first-order valence-corrected chi connectivity index (χ1v) is 9.53. The Morgan fingerprint density at radius 1 is 1.21 bits per heavy atom. The monoisotopic (exact) mass is 351 g/mol. The molecule has 0 N–H and O–H groups in total. The largest absolute Gasteiger partial charge is 0.490 e. The number of likely N-dealkylation sites (tertiary alicyclic amines) is 1. The molecule has 1 amide bonds. The average Bonchev–Trinajstić information content (AvgIpc) is 2.48. The van der Waals surface area contributed by atoms with Crippen molar-refractivity contribution >= 4 is 17.9 Å². The van der Waals surface area contributed by atoms with Crippen molar-refractivity contribution in [2.45, 2.75) is 69.3 Å². The van der Waals surface area contributed by atoms with Gasteiger partial charge in [0.2, 0.25) is 0 Å². The van der Waals surface area contributed by atoms with E-state index in [0.717, 1.165) is 31.7 Å². The van der Waals surface area contributed by atoms with Gasteiger partial charge < -0.3 is 14.4 Å². The third-order valence-corrected chi connectivity index (χ3v) is 5.00.